The maximum atomic E-state index is 12.7. The van der Waals surface area contributed by atoms with Gasteiger partial charge in [0.15, 0.2) is 11.5 Å². The smallest absolute Gasteiger partial charge is 0.268 e. The van der Waals surface area contributed by atoms with Crippen LogP contribution in [0.2, 0.25) is 0 Å². The zero-order valence-corrected chi connectivity index (χ0v) is 17.6. The van der Waals surface area contributed by atoms with Crippen molar-refractivity contribution >= 4 is 34.5 Å². The minimum atomic E-state index is -0.119. The first-order valence-corrected chi connectivity index (χ1v) is 10.5. The van der Waals surface area contributed by atoms with Crippen LogP contribution in [0.25, 0.3) is 0 Å². The average molecular weight is 423 g/mol. The Bertz CT molecular complexity index is 1080. The number of hydrogen-bond donors (Lipinski definition) is 1. The minimum absolute atomic E-state index is 0.0222. The number of hydrogen-bond acceptors (Lipinski definition) is 5. The first-order chi connectivity index (χ1) is 14.6. The Morgan fingerprint density at radius 3 is 2.63 bits per heavy atom. The van der Waals surface area contributed by atoms with Gasteiger partial charge < -0.3 is 19.7 Å². The van der Waals surface area contributed by atoms with E-state index in [1.165, 1.54) is 11.3 Å². The standard InChI is InChI=1S/C23H22N2O4S/c1-28-19-8-5-15(12-20(19)29-2)13-22(26)24-17-6-7-18-16(14-17)9-10-25(18)23(27)21-4-3-11-30-21/h3-8,11-12,14H,9-10,13H2,1-2H3,(H,24,26). The van der Waals surface area contributed by atoms with Gasteiger partial charge in [0.25, 0.3) is 5.91 Å². The van der Waals surface area contributed by atoms with Gasteiger partial charge in [0.05, 0.1) is 25.5 Å². The lowest BCUT2D eigenvalue weighted by molar-refractivity contribution is -0.115. The molecule has 2 amide bonds. The molecule has 4 rings (SSSR count). The average Bonchev–Trinajstić information content (AvgIpc) is 3.43. The van der Waals surface area contributed by atoms with E-state index in [2.05, 4.69) is 5.32 Å². The van der Waals surface area contributed by atoms with Gasteiger partial charge in [0.2, 0.25) is 5.91 Å². The Morgan fingerprint density at radius 1 is 1.07 bits per heavy atom. The van der Waals surface area contributed by atoms with Crippen LogP contribution in [-0.2, 0) is 17.6 Å². The summed E-state index contributed by atoms with van der Waals surface area (Å²) in [4.78, 5) is 27.7. The Labute approximate surface area is 179 Å². The lowest BCUT2D eigenvalue weighted by Gasteiger charge is -2.16. The fraction of sp³-hybridized carbons (Fsp3) is 0.217. The summed E-state index contributed by atoms with van der Waals surface area (Å²) in [6, 6.07) is 14.8. The molecule has 0 bridgehead atoms. The zero-order chi connectivity index (χ0) is 21.1. The molecule has 1 aromatic heterocycles. The molecule has 0 unspecified atom stereocenters. The molecule has 3 aromatic rings. The Kier molecular flexibility index (Phi) is 5.72. The van der Waals surface area contributed by atoms with Crippen molar-refractivity contribution in [1.29, 1.82) is 0 Å². The molecule has 1 aliphatic rings. The lowest BCUT2D eigenvalue weighted by Crippen LogP contribution is -2.28. The number of benzene rings is 2. The number of nitrogens with zero attached hydrogens (tertiary/aromatic N) is 1. The van der Waals surface area contributed by atoms with Crippen molar-refractivity contribution < 1.29 is 19.1 Å². The number of ether oxygens (including phenoxy) is 2. The summed E-state index contributed by atoms with van der Waals surface area (Å²) in [5.41, 5.74) is 3.53. The summed E-state index contributed by atoms with van der Waals surface area (Å²) in [6.45, 7) is 0.648. The van der Waals surface area contributed by atoms with Crippen LogP contribution >= 0.6 is 11.3 Å². The largest absolute Gasteiger partial charge is 0.493 e. The van der Waals surface area contributed by atoms with E-state index < -0.39 is 0 Å². The van der Waals surface area contributed by atoms with Crippen LogP contribution in [-0.4, -0.2) is 32.6 Å². The Hall–Kier alpha value is -3.32. The highest BCUT2D eigenvalue weighted by Gasteiger charge is 2.26. The van der Waals surface area contributed by atoms with Crippen molar-refractivity contribution in [1.82, 2.24) is 0 Å². The number of nitrogens with one attached hydrogen (secondary N) is 1. The zero-order valence-electron chi connectivity index (χ0n) is 16.8. The minimum Gasteiger partial charge on any atom is -0.493 e. The van der Waals surface area contributed by atoms with Gasteiger partial charge in [-0.15, -0.1) is 11.3 Å². The first kappa shape index (κ1) is 20.0. The molecule has 0 fully saturated rings. The molecular weight excluding hydrogens is 400 g/mol. The van der Waals surface area contributed by atoms with Gasteiger partial charge in [-0.25, -0.2) is 0 Å². The fourth-order valence-corrected chi connectivity index (χ4v) is 4.28. The maximum Gasteiger partial charge on any atom is 0.268 e. The van der Waals surface area contributed by atoms with Gasteiger partial charge in [-0.05, 0) is 59.3 Å². The number of fused-ring (bicyclic) bond motifs is 1. The van der Waals surface area contributed by atoms with E-state index in [0.29, 0.717) is 18.0 Å². The lowest BCUT2D eigenvalue weighted by atomic mass is 10.1. The number of anilines is 2. The number of rotatable bonds is 6. The van der Waals surface area contributed by atoms with Gasteiger partial charge in [-0.2, -0.15) is 0 Å². The summed E-state index contributed by atoms with van der Waals surface area (Å²) in [7, 11) is 3.14. The van der Waals surface area contributed by atoms with Gasteiger partial charge in [-0.3, -0.25) is 9.59 Å². The predicted molar refractivity (Wildman–Crippen MR) is 118 cm³/mol. The highest BCUT2D eigenvalue weighted by molar-refractivity contribution is 7.12. The van der Waals surface area contributed by atoms with Crippen LogP contribution < -0.4 is 19.7 Å². The van der Waals surface area contributed by atoms with Crippen molar-refractivity contribution in [2.45, 2.75) is 12.8 Å². The third-order valence-corrected chi connectivity index (χ3v) is 5.91. The summed E-state index contributed by atoms with van der Waals surface area (Å²) < 4.78 is 10.5. The second kappa shape index (κ2) is 8.59. The van der Waals surface area contributed by atoms with Crippen LogP contribution in [0.15, 0.2) is 53.9 Å². The fourth-order valence-electron chi connectivity index (χ4n) is 3.60. The highest BCUT2D eigenvalue weighted by Crippen LogP contribution is 2.32. The Balaban J connectivity index is 1.44. The summed E-state index contributed by atoms with van der Waals surface area (Å²) in [6.07, 6.45) is 0.992. The number of methoxy groups -OCH3 is 2. The summed E-state index contributed by atoms with van der Waals surface area (Å²) >= 11 is 1.44. The molecule has 0 radical (unpaired) electrons. The molecule has 2 heterocycles. The van der Waals surface area contributed by atoms with Gasteiger partial charge in [-0.1, -0.05) is 12.1 Å². The van der Waals surface area contributed by atoms with Crippen LogP contribution in [0, 0.1) is 0 Å². The van der Waals surface area contributed by atoms with Crippen LogP contribution in [0.1, 0.15) is 20.8 Å². The predicted octanol–water partition coefficient (Wildman–Crippen LogP) is 4.15. The van der Waals surface area contributed by atoms with Crippen molar-refractivity contribution in [2.75, 3.05) is 31.0 Å². The molecule has 1 aliphatic heterocycles. The molecule has 6 nitrogen and oxygen atoms in total. The number of thiophene rings is 1. The molecule has 0 saturated heterocycles. The summed E-state index contributed by atoms with van der Waals surface area (Å²) in [5.74, 6) is 1.12. The second-order valence-corrected chi connectivity index (χ2v) is 7.89. The van der Waals surface area contributed by atoms with Crippen LogP contribution in [0.5, 0.6) is 11.5 Å². The normalized spacial score (nSPS) is 12.4. The van der Waals surface area contributed by atoms with Crippen molar-refractivity contribution in [3.05, 3.63) is 69.9 Å². The topological polar surface area (TPSA) is 67.9 Å². The van der Waals surface area contributed by atoms with E-state index in [9.17, 15) is 9.59 Å². The third-order valence-electron chi connectivity index (χ3n) is 5.05. The van der Waals surface area contributed by atoms with Crippen molar-refractivity contribution in [3.63, 3.8) is 0 Å². The first-order valence-electron chi connectivity index (χ1n) is 9.58. The van der Waals surface area contributed by atoms with Crippen molar-refractivity contribution in [3.8, 4) is 11.5 Å². The molecule has 0 spiro atoms. The van der Waals surface area contributed by atoms with Crippen molar-refractivity contribution in [2.24, 2.45) is 0 Å². The van der Waals surface area contributed by atoms with E-state index in [1.54, 1.807) is 31.3 Å². The third kappa shape index (κ3) is 4.02. The monoisotopic (exact) mass is 422 g/mol. The maximum absolute atomic E-state index is 12.7. The molecule has 0 aliphatic carbocycles. The molecule has 0 saturated carbocycles. The second-order valence-electron chi connectivity index (χ2n) is 6.94. The quantitative estimate of drug-likeness (QED) is 0.648. The Morgan fingerprint density at radius 2 is 1.90 bits per heavy atom. The number of amides is 2. The molecule has 2 aromatic carbocycles. The molecule has 154 valence electrons. The molecule has 7 heteroatoms. The molecule has 0 atom stereocenters. The van der Waals surface area contributed by atoms with Crippen LogP contribution in [0.3, 0.4) is 0 Å². The van der Waals surface area contributed by atoms with Gasteiger partial charge in [0, 0.05) is 17.9 Å². The number of carbonyl (C=O) groups excluding carboxylic acids is 2. The molecule has 30 heavy (non-hydrogen) atoms. The van der Waals surface area contributed by atoms with Gasteiger partial charge >= 0.3 is 0 Å². The summed E-state index contributed by atoms with van der Waals surface area (Å²) in [5, 5.41) is 4.85. The molecular formula is C23H22N2O4S. The van der Waals surface area contributed by atoms with E-state index in [4.69, 9.17) is 9.47 Å². The van der Waals surface area contributed by atoms with E-state index in [0.717, 1.165) is 33.8 Å². The SMILES string of the molecule is COc1ccc(CC(=O)Nc2ccc3c(c2)CCN3C(=O)c2cccs2)cc1OC. The highest BCUT2D eigenvalue weighted by atomic mass is 32.1. The number of carbonyl (C=O) groups is 2. The van der Waals surface area contributed by atoms with E-state index in [-0.39, 0.29) is 18.2 Å². The van der Waals surface area contributed by atoms with E-state index in [1.807, 2.05) is 41.8 Å². The van der Waals surface area contributed by atoms with Crippen LogP contribution in [0.4, 0.5) is 11.4 Å². The molecule has 1 N–H and O–H groups in total. The van der Waals surface area contributed by atoms with E-state index >= 15 is 0 Å². The van der Waals surface area contributed by atoms with Gasteiger partial charge in [0.1, 0.15) is 0 Å².